The molecule has 4 aliphatic rings. The summed E-state index contributed by atoms with van der Waals surface area (Å²) >= 11 is 6.93. The summed E-state index contributed by atoms with van der Waals surface area (Å²) in [6, 6.07) is 7.38. The van der Waals surface area contributed by atoms with E-state index in [9.17, 15) is 19.1 Å². The smallest absolute Gasteiger partial charge is 0.410 e. The van der Waals surface area contributed by atoms with Crippen molar-refractivity contribution in [3.8, 4) is 5.75 Å². The summed E-state index contributed by atoms with van der Waals surface area (Å²) in [5.74, 6) is 0.902. The highest BCUT2D eigenvalue weighted by Gasteiger charge is 2.44. The van der Waals surface area contributed by atoms with Crippen molar-refractivity contribution in [3.05, 3.63) is 51.4 Å². The van der Waals surface area contributed by atoms with Crippen LogP contribution in [-0.4, -0.2) is 108 Å². The van der Waals surface area contributed by atoms with Gasteiger partial charge in [-0.05, 0) is 132 Å². The number of halogens is 3. The molecule has 0 bridgehead atoms. The fourth-order valence-electron chi connectivity index (χ4n) is 7.69. The summed E-state index contributed by atoms with van der Waals surface area (Å²) in [6.07, 6.45) is 9.14. The van der Waals surface area contributed by atoms with Crippen LogP contribution in [0.15, 0.2) is 45.6 Å². The van der Waals surface area contributed by atoms with E-state index in [-0.39, 0.29) is 57.1 Å². The molecule has 2 unspecified atom stereocenters. The van der Waals surface area contributed by atoms with Crippen LogP contribution in [0.3, 0.4) is 0 Å². The first-order valence-electron chi connectivity index (χ1n) is 22.0. The van der Waals surface area contributed by atoms with Gasteiger partial charge in [0.15, 0.2) is 12.5 Å². The van der Waals surface area contributed by atoms with Crippen molar-refractivity contribution in [2.75, 3.05) is 39.4 Å². The Balaban J connectivity index is 0.000000231. The number of amides is 2. The minimum absolute atomic E-state index is 0. The van der Waals surface area contributed by atoms with Gasteiger partial charge in [-0.2, -0.15) is 10.2 Å². The predicted octanol–water partition coefficient (Wildman–Crippen LogP) is 12.1. The number of hydrogen-bond acceptors (Lipinski definition) is 10. The number of ether oxygens (including phenoxy) is 5. The highest BCUT2D eigenvalue weighted by molar-refractivity contribution is 9.10. The maximum Gasteiger partial charge on any atom is 0.410 e. The molecule has 2 amide bonds. The molecule has 2 atom stereocenters. The van der Waals surface area contributed by atoms with Gasteiger partial charge in [-0.15, -0.1) is 0 Å². The van der Waals surface area contributed by atoms with Crippen molar-refractivity contribution < 1.29 is 42.8 Å². The molecule has 17 heteroatoms. The van der Waals surface area contributed by atoms with E-state index in [0.717, 1.165) is 82.9 Å². The monoisotopic (exact) mass is 1040 g/mol. The molecule has 4 fully saturated rings. The number of carbonyl (C=O) groups is 2. The number of carbonyl (C=O) groups excluding carboxylic acids is 2. The minimum Gasteiger partial charge on any atom is -0.487 e. The van der Waals surface area contributed by atoms with Gasteiger partial charge >= 0.3 is 12.2 Å². The highest BCUT2D eigenvalue weighted by Crippen LogP contribution is 2.39. The zero-order chi connectivity index (χ0) is 46.1. The molecule has 2 aromatic heterocycles. The highest BCUT2D eigenvalue weighted by atomic mass is 79.9. The molecule has 65 heavy (non-hydrogen) atoms. The summed E-state index contributed by atoms with van der Waals surface area (Å²) in [5, 5.41) is 20.1. The van der Waals surface area contributed by atoms with Gasteiger partial charge in [0.2, 0.25) is 0 Å². The van der Waals surface area contributed by atoms with Crippen LogP contribution in [0.4, 0.5) is 14.0 Å². The normalized spacial score (nSPS) is 19.6. The van der Waals surface area contributed by atoms with Gasteiger partial charge in [-0.1, -0.05) is 46.7 Å². The Kier molecular flexibility index (Phi) is 18.0. The first kappa shape index (κ1) is 54.1. The Bertz CT molecular complexity index is 2200. The molecule has 8 rings (SSSR count). The molecule has 1 N–H and O–H groups in total. The summed E-state index contributed by atoms with van der Waals surface area (Å²) in [5.41, 5.74) is -0.316. The lowest BCUT2D eigenvalue weighted by Crippen LogP contribution is -2.60. The van der Waals surface area contributed by atoms with E-state index in [1.54, 1.807) is 34.5 Å². The number of hydrogen-bond donors (Lipinski definition) is 1. The zero-order valence-corrected chi connectivity index (χ0v) is 41.6. The van der Waals surface area contributed by atoms with Crippen LogP contribution in [-0.2, 0) is 18.9 Å². The summed E-state index contributed by atoms with van der Waals surface area (Å²) in [7, 11) is 0. The van der Waals surface area contributed by atoms with Gasteiger partial charge in [-0.25, -0.2) is 23.3 Å². The van der Waals surface area contributed by atoms with Gasteiger partial charge in [0.05, 0.1) is 39.8 Å². The SMILES string of the molecule is C.C.CC(C)(C)OC(=O)N1CC(C(C)(C)O)C1.CC(C)(C)OC(=O)N1CC(C(C)(C)Oc2cc(Br)cc3c2cnn3C2CCCCO2)C1.Fc1cc(Br)cc2c1cnn2C1CCCCO1. The first-order valence-corrected chi connectivity index (χ1v) is 23.6. The number of likely N-dealkylation sites (tertiary alicyclic amines) is 2. The molecule has 0 aliphatic carbocycles. The van der Waals surface area contributed by atoms with Gasteiger partial charge in [0.25, 0.3) is 0 Å². The van der Waals surface area contributed by atoms with E-state index in [0.29, 0.717) is 31.6 Å². The molecule has 0 saturated carbocycles. The summed E-state index contributed by atoms with van der Waals surface area (Å²) in [4.78, 5) is 27.2. The summed E-state index contributed by atoms with van der Waals surface area (Å²) < 4.78 is 47.9. The maximum atomic E-state index is 13.7. The average Bonchev–Trinajstić information content (AvgIpc) is 3.74. The van der Waals surface area contributed by atoms with E-state index < -0.39 is 22.4 Å². The van der Waals surface area contributed by atoms with Gasteiger partial charge in [-0.3, -0.25) is 0 Å². The molecule has 4 aromatic rings. The third-order valence-electron chi connectivity index (χ3n) is 11.6. The average molecular weight is 1040 g/mol. The number of fused-ring (bicyclic) bond motifs is 2. The predicted molar refractivity (Wildman–Crippen MR) is 260 cm³/mol. The quantitative estimate of drug-likeness (QED) is 0.198. The fraction of sp³-hybridized carbons (Fsp3) is 0.667. The molecule has 4 saturated heterocycles. The second-order valence-corrected chi connectivity index (χ2v) is 21.8. The lowest BCUT2D eigenvalue weighted by molar-refractivity contribution is -0.0672. The molecule has 14 nitrogen and oxygen atoms in total. The van der Waals surface area contributed by atoms with E-state index in [2.05, 4.69) is 62.0 Å². The Morgan fingerprint density at radius 3 is 1.54 bits per heavy atom. The maximum absolute atomic E-state index is 13.7. The molecule has 364 valence electrons. The van der Waals surface area contributed by atoms with Crippen molar-refractivity contribution in [2.45, 2.75) is 157 Å². The molecule has 0 spiro atoms. The van der Waals surface area contributed by atoms with E-state index >= 15 is 0 Å². The second kappa shape index (κ2) is 21.6. The Hall–Kier alpha value is -3.51. The number of rotatable bonds is 6. The van der Waals surface area contributed by atoms with Gasteiger partial charge < -0.3 is 38.6 Å². The van der Waals surface area contributed by atoms with E-state index in [4.69, 9.17) is 23.7 Å². The fourth-order valence-corrected chi connectivity index (χ4v) is 8.53. The Labute approximate surface area is 402 Å². The molecule has 0 radical (unpaired) electrons. The van der Waals surface area contributed by atoms with Crippen molar-refractivity contribution in [1.82, 2.24) is 29.4 Å². The third kappa shape index (κ3) is 14.0. The largest absolute Gasteiger partial charge is 0.487 e. The standard InChI is InChI=1S/C23H32BrN3O4.C12H12BrFN2O.C11H21NO3.2CH4/c1-22(2,3)31-21(28)26-13-15(14-26)23(4,5)30-19-11-16(24)10-18-17(19)12-25-27(18)20-8-6-7-9-29-20;13-8-5-10(14)9-7-15-16(11(9)6-8)12-3-1-2-4-17-12;1-10(2,3)15-9(13)12-6-8(7-12)11(4,5)14;;/h10-12,15,20H,6-9,13-14H2,1-5H3;5-7,12H,1-4H2;8,14H,6-7H2,1-5H3;2*1H4. The molecular formula is C48H73Br2FN6O8. The Morgan fingerprint density at radius 2 is 1.11 bits per heavy atom. The number of benzene rings is 2. The first-order chi connectivity index (χ1) is 29.4. The molecule has 6 heterocycles. The van der Waals surface area contributed by atoms with Crippen molar-refractivity contribution >= 4 is 65.9 Å². The van der Waals surface area contributed by atoms with Crippen LogP contribution < -0.4 is 4.74 Å². The number of aromatic nitrogens is 4. The van der Waals surface area contributed by atoms with Crippen molar-refractivity contribution in [1.29, 1.82) is 0 Å². The lowest BCUT2D eigenvalue weighted by Gasteiger charge is -2.47. The molecular weight excluding hydrogens is 967 g/mol. The van der Waals surface area contributed by atoms with Crippen LogP contribution in [0.5, 0.6) is 5.75 Å². The van der Waals surface area contributed by atoms with Gasteiger partial charge in [0, 0.05) is 60.2 Å². The molecule has 2 aromatic carbocycles. The van der Waals surface area contributed by atoms with E-state index in [1.165, 1.54) is 6.07 Å². The topological polar surface area (TPSA) is 143 Å². The van der Waals surface area contributed by atoms with Crippen molar-refractivity contribution in [2.24, 2.45) is 11.8 Å². The third-order valence-corrected chi connectivity index (χ3v) is 12.5. The van der Waals surface area contributed by atoms with Crippen LogP contribution in [0.2, 0.25) is 0 Å². The van der Waals surface area contributed by atoms with Gasteiger partial charge in [0.1, 0.15) is 28.4 Å². The second-order valence-electron chi connectivity index (χ2n) is 20.0. The lowest BCUT2D eigenvalue weighted by atomic mass is 9.84. The van der Waals surface area contributed by atoms with E-state index in [1.807, 2.05) is 64.6 Å². The van der Waals surface area contributed by atoms with Crippen LogP contribution in [0.25, 0.3) is 21.8 Å². The van der Waals surface area contributed by atoms with Crippen LogP contribution in [0.1, 0.15) is 135 Å². The van der Waals surface area contributed by atoms with Crippen LogP contribution >= 0.6 is 31.9 Å². The molecule has 4 aliphatic heterocycles. The Morgan fingerprint density at radius 1 is 0.677 bits per heavy atom. The zero-order valence-electron chi connectivity index (χ0n) is 38.4. The minimum atomic E-state index is -0.710. The summed E-state index contributed by atoms with van der Waals surface area (Å²) in [6.45, 7) is 22.8. The van der Waals surface area contributed by atoms with Crippen molar-refractivity contribution in [3.63, 3.8) is 0 Å². The number of nitrogens with zero attached hydrogens (tertiary/aromatic N) is 6. The number of aliphatic hydroxyl groups is 1. The van der Waals surface area contributed by atoms with Crippen LogP contribution in [0, 0.1) is 17.7 Å².